The van der Waals surface area contributed by atoms with Crippen LogP contribution in [0.2, 0.25) is 0 Å². The number of nitrogens with one attached hydrogen (secondary N) is 1. The molecule has 2 heterocycles. The summed E-state index contributed by atoms with van der Waals surface area (Å²) in [5.74, 6) is 0.117. The topological polar surface area (TPSA) is 59.8 Å². The van der Waals surface area contributed by atoms with Crippen molar-refractivity contribution in [3.63, 3.8) is 0 Å². The molecule has 0 radical (unpaired) electrons. The van der Waals surface area contributed by atoms with Crippen LogP contribution in [0.5, 0.6) is 0 Å². The maximum atomic E-state index is 12.8. The number of pyridine rings is 1. The third-order valence-electron chi connectivity index (χ3n) is 4.81. The lowest BCUT2D eigenvalue weighted by molar-refractivity contribution is -0.137. The summed E-state index contributed by atoms with van der Waals surface area (Å²) < 4.78 is 40.3. The van der Waals surface area contributed by atoms with Crippen molar-refractivity contribution in [1.82, 2.24) is 19.9 Å². The Kier molecular flexibility index (Phi) is 4.62. The number of aromatic nitrogens is 3. The smallest absolute Gasteiger partial charge is 0.352 e. The predicted octanol–water partition coefficient (Wildman–Crippen LogP) is 3.71. The maximum absolute atomic E-state index is 12.8. The number of hydrogen-bond donors (Lipinski definition) is 1. The normalized spacial score (nSPS) is 18.7. The zero-order chi connectivity index (χ0) is 19.7. The van der Waals surface area contributed by atoms with Gasteiger partial charge in [0.2, 0.25) is 5.91 Å². The van der Waals surface area contributed by atoms with Crippen LogP contribution in [0.3, 0.4) is 0 Å². The SMILES string of the molecule is O=C(NCc1ccc(-n2ccnc2)nc1)C1CC1c1cccc(C(F)(F)F)c1. The van der Waals surface area contributed by atoms with Crippen LogP contribution >= 0.6 is 0 Å². The second-order valence-electron chi connectivity index (χ2n) is 6.78. The van der Waals surface area contributed by atoms with Crippen LogP contribution in [0.15, 0.2) is 61.3 Å². The molecule has 2 unspecified atom stereocenters. The van der Waals surface area contributed by atoms with Gasteiger partial charge < -0.3 is 5.32 Å². The Morgan fingerprint density at radius 3 is 2.79 bits per heavy atom. The van der Waals surface area contributed by atoms with Crippen LogP contribution in [-0.4, -0.2) is 20.4 Å². The minimum absolute atomic E-state index is 0.152. The third-order valence-corrected chi connectivity index (χ3v) is 4.81. The molecule has 1 fully saturated rings. The summed E-state index contributed by atoms with van der Waals surface area (Å²) in [5.41, 5.74) is 0.718. The highest BCUT2D eigenvalue weighted by Crippen LogP contribution is 2.48. The molecule has 0 saturated heterocycles. The first kappa shape index (κ1) is 18.2. The molecular formula is C20H17F3N4O. The summed E-state index contributed by atoms with van der Waals surface area (Å²) in [5, 5.41) is 2.84. The molecule has 0 aliphatic heterocycles. The van der Waals surface area contributed by atoms with Gasteiger partial charge in [0.05, 0.1) is 5.56 Å². The Morgan fingerprint density at radius 1 is 1.25 bits per heavy atom. The number of carbonyl (C=O) groups is 1. The van der Waals surface area contributed by atoms with Gasteiger partial charge in [0, 0.05) is 31.1 Å². The van der Waals surface area contributed by atoms with Crippen molar-refractivity contribution in [2.24, 2.45) is 5.92 Å². The van der Waals surface area contributed by atoms with Gasteiger partial charge in [-0.2, -0.15) is 13.2 Å². The van der Waals surface area contributed by atoms with Gasteiger partial charge in [0.1, 0.15) is 12.1 Å². The van der Waals surface area contributed by atoms with Crippen molar-refractivity contribution in [1.29, 1.82) is 0 Å². The number of benzene rings is 1. The van der Waals surface area contributed by atoms with E-state index in [9.17, 15) is 18.0 Å². The molecule has 1 saturated carbocycles. The van der Waals surface area contributed by atoms with Gasteiger partial charge in [-0.1, -0.05) is 24.3 Å². The molecule has 28 heavy (non-hydrogen) atoms. The number of imidazole rings is 1. The Bertz CT molecular complexity index is 968. The van der Waals surface area contributed by atoms with E-state index in [4.69, 9.17) is 0 Å². The summed E-state index contributed by atoms with van der Waals surface area (Å²) >= 11 is 0. The zero-order valence-corrected chi connectivity index (χ0v) is 14.7. The second kappa shape index (κ2) is 7.10. The van der Waals surface area contributed by atoms with Crippen LogP contribution in [0.1, 0.15) is 29.0 Å². The van der Waals surface area contributed by atoms with Crippen LogP contribution < -0.4 is 5.32 Å². The summed E-state index contributed by atoms with van der Waals surface area (Å²) in [6.07, 6.45) is 2.94. The summed E-state index contributed by atoms with van der Waals surface area (Å²) in [6.45, 7) is 0.321. The molecule has 0 bridgehead atoms. The van der Waals surface area contributed by atoms with Gasteiger partial charge in [-0.15, -0.1) is 0 Å². The van der Waals surface area contributed by atoms with Crippen LogP contribution in [0, 0.1) is 5.92 Å². The lowest BCUT2D eigenvalue weighted by Crippen LogP contribution is -2.25. The number of hydrogen-bond acceptors (Lipinski definition) is 3. The maximum Gasteiger partial charge on any atom is 0.416 e. The number of nitrogens with zero attached hydrogens (tertiary/aromatic N) is 3. The van der Waals surface area contributed by atoms with Crippen LogP contribution in [0.25, 0.3) is 5.82 Å². The van der Waals surface area contributed by atoms with E-state index in [1.807, 2.05) is 12.1 Å². The molecule has 2 aromatic heterocycles. The molecule has 4 rings (SSSR count). The van der Waals surface area contributed by atoms with Crippen molar-refractivity contribution in [3.05, 3.63) is 78.0 Å². The first-order valence-corrected chi connectivity index (χ1v) is 8.80. The number of carbonyl (C=O) groups excluding carboxylic acids is 1. The lowest BCUT2D eigenvalue weighted by Gasteiger charge is -2.09. The molecule has 1 aromatic carbocycles. The van der Waals surface area contributed by atoms with E-state index in [0.717, 1.165) is 23.5 Å². The fourth-order valence-corrected chi connectivity index (χ4v) is 3.19. The van der Waals surface area contributed by atoms with Gasteiger partial charge >= 0.3 is 6.18 Å². The molecule has 8 heteroatoms. The molecule has 1 aliphatic carbocycles. The van der Waals surface area contributed by atoms with E-state index in [-0.39, 0.29) is 17.7 Å². The highest BCUT2D eigenvalue weighted by molar-refractivity contribution is 5.82. The van der Waals surface area contributed by atoms with Gasteiger partial charge in [0.25, 0.3) is 0 Å². The standard InChI is InChI=1S/C20H17F3N4O/c21-20(22,23)15-3-1-2-14(8-15)16-9-17(16)19(28)26-11-13-4-5-18(25-10-13)27-7-6-24-12-27/h1-8,10,12,16-17H,9,11H2,(H,26,28). The molecule has 1 N–H and O–H groups in total. The van der Waals surface area contributed by atoms with Crippen molar-refractivity contribution < 1.29 is 18.0 Å². The van der Waals surface area contributed by atoms with Crippen molar-refractivity contribution in [2.45, 2.75) is 25.1 Å². The number of amides is 1. The average molecular weight is 386 g/mol. The number of alkyl halides is 3. The minimum atomic E-state index is -4.38. The fourth-order valence-electron chi connectivity index (χ4n) is 3.19. The Labute approximate surface area is 159 Å². The van der Waals surface area contributed by atoms with E-state index in [1.54, 1.807) is 35.6 Å². The van der Waals surface area contributed by atoms with Crippen molar-refractivity contribution in [2.75, 3.05) is 0 Å². The summed E-state index contributed by atoms with van der Waals surface area (Å²) in [7, 11) is 0. The predicted molar refractivity (Wildman–Crippen MR) is 95.5 cm³/mol. The largest absolute Gasteiger partial charge is 0.416 e. The Morgan fingerprint density at radius 2 is 2.11 bits per heavy atom. The highest BCUT2D eigenvalue weighted by atomic mass is 19.4. The molecule has 2 atom stereocenters. The molecule has 144 valence electrons. The minimum Gasteiger partial charge on any atom is -0.352 e. The Hall–Kier alpha value is -3.16. The first-order valence-electron chi connectivity index (χ1n) is 8.80. The fraction of sp³-hybridized carbons (Fsp3) is 0.250. The molecular weight excluding hydrogens is 369 g/mol. The molecule has 1 aliphatic rings. The molecule has 3 aromatic rings. The lowest BCUT2D eigenvalue weighted by atomic mass is 10.1. The molecule has 1 amide bonds. The van der Waals surface area contributed by atoms with Gasteiger partial charge in [-0.05, 0) is 35.6 Å². The zero-order valence-electron chi connectivity index (χ0n) is 14.7. The van der Waals surface area contributed by atoms with E-state index in [0.29, 0.717) is 18.5 Å². The van der Waals surface area contributed by atoms with E-state index in [1.165, 1.54) is 6.07 Å². The summed E-state index contributed by atoms with van der Waals surface area (Å²) in [4.78, 5) is 20.6. The van der Waals surface area contributed by atoms with Crippen molar-refractivity contribution >= 4 is 5.91 Å². The van der Waals surface area contributed by atoms with E-state index < -0.39 is 11.7 Å². The summed E-state index contributed by atoms with van der Waals surface area (Å²) in [6, 6.07) is 8.90. The average Bonchev–Trinajstić information content (AvgIpc) is 3.31. The van der Waals surface area contributed by atoms with Gasteiger partial charge in [0.15, 0.2) is 0 Å². The van der Waals surface area contributed by atoms with E-state index in [2.05, 4.69) is 15.3 Å². The number of halogens is 3. The quantitative estimate of drug-likeness (QED) is 0.727. The molecule has 5 nitrogen and oxygen atoms in total. The first-order chi connectivity index (χ1) is 13.4. The van der Waals surface area contributed by atoms with Crippen molar-refractivity contribution in [3.8, 4) is 5.82 Å². The highest BCUT2D eigenvalue weighted by Gasteiger charge is 2.44. The third kappa shape index (κ3) is 3.90. The Balaban J connectivity index is 1.33. The number of rotatable bonds is 5. The van der Waals surface area contributed by atoms with E-state index >= 15 is 0 Å². The monoisotopic (exact) mass is 386 g/mol. The van der Waals surface area contributed by atoms with Gasteiger partial charge in [-0.3, -0.25) is 9.36 Å². The van der Waals surface area contributed by atoms with Gasteiger partial charge in [-0.25, -0.2) is 9.97 Å². The molecule has 0 spiro atoms. The second-order valence-corrected chi connectivity index (χ2v) is 6.78. The van der Waals surface area contributed by atoms with Crippen LogP contribution in [-0.2, 0) is 17.5 Å². The van der Waals surface area contributed by atoms with Crippen LogP contribution in [0.4, 0.5) is 13.2 Å².